The van der Waals surface area contributed by atoms with Crippen LogP contribution in [-0.2, 0) is 17.2 Å². The SMILES string of the molecule is CCP(=O)(O)CCc1ccc(Nc2ncc(C(F)(F)F)c(Nc3ccccc3C(=O)NC)n2)c(OC)c1. The Morgan fingerprint density at radius 2 is 1.86 bits per heavy atom. The lowest BCUT2D eigenvalue weighted by Gasteiger charge is -2.17. The first kappa shape index (κ1) is 27.9. The van der Waals surface area contributed by atoms with E-state index in [0.29, 0.717) is 24.1 Å². The van der Waals surface area contributed by atoms with Crippen molar-refractivity contribution >= 4 is 36.4 Å². The van der Waals surface area contributed by atoms with Crippen LogP contribution in [0.3, 0.4) is 0 Å². The summed E-state index contributed by atoms with van der Waals surface area (Å²) < 4.78 is 58.4. The van der Waals surface area contributed by atoms with Crippen molar-refractivity contribution in [2.45, 2.75) is 19.5 Å². The zero-order chi connectivity index (χ0) is 27.2. The number of benzene rings is 2. The quantitative estimate of drug-likeness (QED) is 0.261. The monoisotopic (exact) mass is 537 g/mol. The smallest absolute Gasteiger partial charge is 0.421 e. The summed E-state index contributed by atoms with van der Waals surface area (Å²) in [6.07, 6.45) is -3.46. The lowest BCUT2D eigenvalue weighted by molar-refractivity contribution is -0.137. The van der Waals surface area contributed by atoms with Gasteiger partial charge in [-0.15, -0.1) is 0 Å². The highest BCUT2D eigenvalue weighted by molar-refractivity contribution is 7.57. The number of amides is 1. The molecule has 0 aliphatic heterocycles. The molecular formula is C24H27F3N5O4P. The number of carbonyl (C=O) groups excluding carboxylic acids is 1. The number of hydrogen-bond donors (Lipinski definition) is 4. The van der Waals surface area contributed by atoms with Crippen LogP contribution < -0.4 is 20.7 Å². The first-order valence-corrected chi connectivity index (χ1v) is 13.3. The molecule has 0 aliphatic carbocycles. The molecule has 9 nitrogen and oxygen atoms in total. The molecule has 3 rings (SSSR count). The lowest BCUT2D eigenvalue weighted by atomic mass is 10.1. The summed E-state index contributed by atoms with van der Waals surface area (Å²) in [5.41, 5.74) is 0.291. The van der Waals surface area contributed by atoms with Gasteiger partial charge in [0.25, 0.3) is 5.91 Å². The van der Waals surface area contributed by atoms with Crippen LogP contribution >= 0.6 is 7.37 Å². The molecule has 1 aromatic heterocycles. The Balaban J connectivity index is 1.93. The van der Waals surface area contributed by atoms with Gasteiger partial charge in [-0.25, -0.2) is 4.98 Å². The van der Waals surface area contributed by atoms with Gasteiger partial charge < -0.3 is 25.6 Å². The minimum atomic E-state index is -4.76. The average molecular weight is 537 g/mol. The van der Waals surface area contributed by atoms with Gasteiger partial charge in [-0.2, -0.15) is 18.2 Å². The first-order chi connectivity index (χ1) is 17.5. The molecule has 1 amide bonds. The van der Waals surface area contributed by atoms with Crippen LogP contribution in [0.5, 0.6) is 5.75 Å². The predicted molar refractivity (Wildman–Crippen MR) is 135 cm³/mol. The number of carbonyl (C=O) groups is 1. The first-order valence-electron chi connectivity index (χ1n) is 11.2. The second kappa shape index (κ2) is 11.6. The van der Waals surface area contributed by atoms with E-state index in [1.165, 1.54) is 26.3 Å². The van der Waals surface area contributed by atoms with Crippen LogP contribution in [-0.4, -0.2) is 47.2 Å². The van der Waals surface area contributed by atoms with Gasteiger partial charge in [0, 0.05) is 25.6 Å². The fourth-order valence-corrected chi connectivity index (χ4v) is 4.30. The molecule has 1 heterocycles. The van der Waals surface area contributed by atoms with Crippen molar-refractivity contribution in [3.8, 4) is 5.75 Å². The molecule has 13 heteroatoms. The normalized spacial score (nSPS) is 12.9. The molecule has 1 unspecified atom stereocenters. The maximum absolute atomic E-state index is 13.7. The van der Waals surface area contributed by atoms with Crippen molar-refractivity contribution in [3.05, 3.63) is 65.4 Å². The summed E-state index contributed by atoms with van der Waals surface area (Å²) in [5.74, 6) is -0.824. The summed E-state index contributed by atoms with van der Waals surface area (Å²) >= 11 is 0. The summed E-state index contributed by atoms with van der Waals surface area (Å²) in [6.45, 7) is 1.65. The Morgan fingerprint density at radius 3 is 2.51 bits per heavy atom. The molecule has 0 radical (unpaired) electrons. The number of ether oxygens (including phenoxy) is 1. The molecule has 4 N–H and O–H groups in total. The lowest BCUT2D eigenvalue weighted by Crippen LogP contribution is -2.20. The van der Waals surface area contributed by atoms with E-state index >= 15 is 0 Å². The van der Waals surface area contributed by atoms with Gasteiger partial charge in [0.05, 0.1) is 24.0 Å². The number of alkyl halides is 3. The van der Waals surface area contributed by atoms with Crippen molar-refractivity contribution in [2.75, 3.05) is 37.1 Å². The van der Waals surface area contributed by atoms with Crippen LogP contribution in [0.25, 0.3) is 0 Å². The number of methoxy groups -OCH3 is 1. The predicted octanol–water partition coefficient (Wildman–Crippen LogP) is 5.18. The molecule has 2 aromatic carbocycles. The van der Waals surface area contributed by atoms with Gasteiger partial charge in [0.15, 0.2) is 0 Å². The largest absolute Gasteiger partial charge is 0.495 e. The number of rotatable bonds is 10. The zero-order valence-corrected chi connectivity index (χ0v) is 21.3. The third-order valence-electron chi connectivity index (χ3n) is 5.50. The molecule has 1 atom stereocenters. The molecule has 198 valence electrons. The Hall–Kier alpha value is -3.63. The minimum absolute atomic E-state index is 0.119. The van der Waals surface area contributed by atoms with Crippen LogP contribution in [0.15, 0.2) is 48.7 Å². The van der Waals surface area contributed by atoms with E-state index in [0.717, 1.165) is 5.56 Å². The summed E-state index contributed by atoms with van der Waals surface area (Å²) in [6, 6.07) is 11.1. The molecule has 0 saturated carbocycles. The number of halogens is 3. The average Bonchev–Trinajstić information content (AvgIpc) is 2.87. The van der Waals surface area contributed by atoms with Crippen molar-refractivity contribution in [2.24, 2.45) is 0 Å². The fourth-order valence-electron chi connectivity index (χ4n) is 3.37. The third-order valence-corrected chi connectivity index (χ3v) is 7.41. The third kappa shape index (κ3) is 7.21. The number of anilines is 4. The molecule has 0 aliphatic rings. The molecule has 0 bridgehead atoms. The topological polar surface area (TPSA) is 125 Å². The van der Waals surface area contributed by atoms with Crippen LogP contribution in [0.4, 0.5) is 36.3 Å². The van der Waals surface area contributed by atoms with Crippen molar-refractivity contribution in [1.29, 1.82) is 0 Å². The van der Waals surface area contributed by atoms with Crippen molar-refractivity contribution in [1.82, 2.24) is 15.3 Å². The van der Waals surface area contributed by atoms with E-state index in [1.54, 1.807) is 37.3 Å². The summed E-state index contributed by atoms with van der Waals surface area (Å²) in [5, 5.41) is 7.90. The Morgan fingerprint density at radius 1 is 1.14 bits per heavy atom. The summed E-state index contributed by atoms with van der Waals surface area (Å²) in [4.78, 5) is 29.8. The van der Waals surface area contributed by atoms with Gasteiger partial charge in [0.1, 0.15) is 17.1 Å². The molecule has 0 spiro atoms. The number of nitrogens with one attached hydrogen (secondary N) is 3. The van der Waals surface area contributed by atoms with Gasteiger partial charge in [0.2, 0.25) is 13.3 Å². The van der Waals surface area contributed by atoms with E-state index in [2.05, 4.69) is 25.9 Å². The van der Waals surface area contributed by atoms with E-state index in [1.807, 2.05) is 0 Å². The molecule has 0 saturated heterocycles. The highest BCUT2D eigenvalue weighted by atomic mass is 31.2. The molecule has 3 aromatic rings. The Bertz CT molecular complexity index is 1320. The Labute approximate surface area is 211 Å². The van der Waals surface area contributed by atoms with Gasteiger partial charge in [-0.05, 0) is 36.2 Å². The molecule has 37 heavy (non-hydrogen) atoms. The highest BCUT2D eigenvalue weighted by Gasteiger charge is 2.35. The van der Waals surface area contributed by atoms with Gasteiger partial charge >= 0.3 is 6.18 Å². The molecule has 0 fully saturated rings. The Kier molecular flexibility index (Phi) is 8.77. The number of aromatic nitrogens is 2. The maximum atomic E-state index is 13.7. The van der Waals surface area contributed by atoms with E-state index in [4.69, 9.17) is 4.74 Å². The van der Waals surface area contributed by atoms with Crippen LogP contribution in [0.1, 0.15) is 28.4 Å². The van der Waals surface area contributed by atoms with E-state index < -0.39 is 30.8 Å². The maximum Gasteiger partial charge on any atom is 0.421 e. The van der Waals surface area contributed by atoms with E-state index in [9.17, 15) is 27.4 Å². The standard InChI is InChI=1S/C24H27F3N5O4P/c1-4-37(34,35)12-11-15-9-10-19(20(13-15)36-3)31-23-29-14-17(24(25,26)27)21(32-23)30-18-8-6-5-7-16(18)22(33)28-2/h5-10,13-14H,4,11-12H2,1-3H3,(H,28,33)(H,34,35)(H2,29,30,31,32). The zero-order valence-electron chi connectivity index (χ0n) is 20.4. The number of nitrogens with zero attached hydrogens (tertiary/aromatic N) is 2. The highest BCUT2D eigenvalue weighted by Crippen LogP contribution is 2.41. The van der Waals surface area contributed by atoms with Crippen molar-refractivity contribution in [3.63, 3.8) is 0 Å². The number of aryl methyl sites for hydroxylation is 1. The second-order valence-electron chi connectivity index (χ2n) is 8.00. The fraction of sp³-hybridized carbons (Fsp3) is 0.292. The number of para-hydroxylation sites is 1. The van der Waals surface area contributed by atoms with E-state index in [-0.39, 0.29) is 29.5 Å². The van der Waals surface area contributed by atoms with Gasteiger partial charge in [-0.3, -0.25) is 9.36 Å². The van der Waals surface area contributed by atoms with Gasteiger partial charge in [-0.1, -0.05) is 25.1 Å². The van der Waals surface area contributed by atoms with Crippen molar-refractivity contribution < 1.29 is 32.2 Å². The minimum Gasteiger partial charge on any atom is -0.495 e. The second-order valence-corrected chi connectivity index (χ2v) is 10.8. The van der Waals surface area contributed by atoms with Crippen LogP contribution in [0, 0.1) is 0 Å². The summed E-state index contributed by atoms with van der Waals surface area (Å²) in [7, 11) is -0.360. The number of hydrogen-bond acceptors (Lipinski definition) is 7. The van der Waals surface area contributed by atoms with Crippen LogP contribution in [0.2, 0.25) is 0 Å². The molecular weight excluding hydrogens is 510 g/mol.